The average molecular weight is 276 g/mol. The van der Waals surface area contributed by atoms with Gasteiger partial charge >= 0.3 is 0 Å². The lowest BCUT2D eigenvalue weighted by Gasteiger charge is -2.26. The zero-order valence-corrected chi connectivity index (χ0v) is 10.6. The Bertz CT molecular complexity index is 598. The Labute approximate surface area is 114 Å². The number of hydrogen-bond donors (Lipinski definition) is 1. The molecule has 0 aromatic heterocycles. The molecule has 104 valence electrons. The molecule has 1 unspecified atom stereocenters. The molecule has 6 heteroatoms. The largest absolute Gasteiger partial charge is 0.323 e. The van der Waals surface area contributed by atoms with E-state index in [0.29, 0.717) is 0 Å². The van der Waals surface area contributed by atoms with Gasteiger partial charge in [0.25, 0.3) is 5.91 Å². The van der Waals surface area contributed by atoms with Crippen molar-refractivity contribution in [3.05, 3.63) is 35.6 Å². The second-order valence-corrected chi connectivity index (χ2v) is 5.06. The molecule has 0 spiro atoms. The molecule has 20 heavy (non-hydrogen) atoms. The first-order valence-electron chi connectivity index (χ1n) is 6.49. The molecule has 1 heterocycles. The molecule has 1 atom stereocenters. The van der Waals surface area contributed by atoms with Crippen LogP contribution in [0.5, 0.6) is 0 Å². The predicted molar refractivity (Wildman–Crippen MR) is 67.1 cm³/mol. The Morgan fingerprint density at radius 3 is 2.50 bits per heavy atom. The van der Waals surface area contributed by atoms with Crippen LogP contribution in [0.25, 0.3) is 0 Å². The molecule has 1 aromatic rings. The maximum absolute atomic E-state index is 13.7. The van der Waals surface area contributed by atoms with Crippen LogP contribution >= 0.6 is 0 Å². The van der Waals surface area contributed by atoms with Gasteiger partial charge in [-0.3, -0.25) is 19.7 Å². The number of imide groups is 1. The Morgan fingerprint density at radius 1 is 1.25 bits per heavy atom. The maximum Gasteiger partial charge on any atom is 0.257 e. The van der Waals surface area contributed by atoms with Crippen molar-refractivity contribution < 1.29 is 18.8 Å². The highest BCUT2D eigenvalue weighted by molar-refractivity contribution is 6.08. The van der Waals surface area contributed by atoms with Gasteiger partial charge in [0, 0.05) is 6.04 Å². The third kappa shape index (κ3) is 2.17. The molecule has 1 aliphatic carbocycles. The minimum Gasteiger partial charge on any atom is -0.323 e. The molecule has 2 aliphatic rings. The smallest absolute Gasteiger partial charge is 0.257 e. The van der Waals surface area contributed by atoms with E-state index in [9.17, 15) is 18.8 Å². The van der Waals surface area contributed by atoms with Crippen LogP contribution in [0.4, 0.5) is 4.39 Å². The fraction of sp³-hybridized carbons (Fsp3) is 0.357. The lowest BCUT2D eigenvalue weighted by Crippen LogP contribution is -2.46. The Kier molecular flexibility index (Phi) is 3.00. The summed E-state index contributed by atoms with van der Waals surface area (Å²) >= 11 is 0. The number of hydrogen-bond acceptors (Lipinski definition) is 3. The van der Waals surface area contributed by atoms with Gasteiger partial charge in [-0.25, -0.2) is 4.39 Å². The molecule has 1 N–H and O–H groups in total. The first-order chi connectivity index (χ1) is 9.58. The number of nitrogens with zero attached hydrogens (tertiary/aromatic N) is 1. The standard InChI is InChI=1S/C14H13FN2O3/c15-10-4-2-1-3-9(10)14(20)17(8-5-6-8)11-7-12(18)16-13(11)19/h1-4,8,11H,5-7H2,(H,16,18,19). The third-order valence-electron chi connectivity index (χ3n) is 3.56. The molecular formula is C14H13FN2O3. The lowest BCUT2D eigenvalue weighted by molar-refractivity contribution is -0.126. The first-order valence-corrected chi connectivity index (χ1v) is 6.49. The molecule has 5 nitrogen and oxygen atoms in total. The summed E-state index contributed by atoms with van der Waals surface area (Å²) in [5, 5.41) is 2.19. The van der Waals surface area contributed by atoms with Crippen molar-refractivity contribution in [2.45, 2.75) is 31.3 Å². The molecule has 1 saturated heterocycles. The van der Waals surface area contributed by atoms with E-state index in [0.717, 1.165) is 12.8 Å². The lowest BCUT2D eigenvalue weighted by atomic mass is 10.1. The summed E-state index contributed by atoms with van der Waals surface area (Å²) in [6.45, 7) is 0. The van der Waals surface area contributed by atoms with E-state index >= 15 is 0 Å². The zero-order valence-electron chi connectivity index (χ0n) is 10.6. The summed E-state index contributed by atoms with van der Waals surface area (Å²) in [5.74, 6) is -2.02. The minimum absolute atomic E-state index is 0.0461. The number of nitrogens with one attached hydrogen (secondary N) is 1. The number of benzene rings is 1. The van der Waals surface area contributed by atoms with Crippen LogP contribution in [0.2, 0.25) is 0 Å². The van der Waals surface area contributed by atoms with Crippen molar-refractivity contribution in [3.8, 4) is 0 Å². The van der Waals surface area contributed by atoms with Crippen LogP contribution in [0.15, 0.2) is 24.3 Å². The molecular weight excluding hydrogens is 263 g/mol. The second kappa shape index (κ2) is 4.70. The molecule has 0 bridgehead atoms. The van der Waals surface area contributed by atoms with Gasteiger partial charge in [0.05, 0.1) is 12.0 Å². The number of amides is 3. The van der Waals surface area contributed by atoms with Gasteiger partial charge in [-0.15, -0.1) is 0 Å². The van der Waals surface area contributed by atoms with Gasteiger partial charge in [-0.1, -0.05) is 12.1 Å². The van der Waals surface area contributed by atoms with Gasteiger partial charge in [0.2, 0.25) is 11.8 Å². The summed E-state index contributed by atoms with van der Waals surface area (Å²) in [5.41, 5.74) is -0.0634. The van der Waals surface area contributed by atoms with E-state index in [4.69, 9.17) is 0 Å². The van der Waals surface area contributed by atoms with Crippen LogP contribution in [-0.2, 0) is 9.59 Å². The van der Waals surface area contributed by atoms with Crippen LogP contribution < -0.4 is 5.32 Å². The van der Waals surface area contributed by atoms with Crippen molar-refractivity contribution in [1.29, 1.82) is 0 Å². The normalized spacial score (nSPS) is 21.8. The van der Waals surface area contributed by atoms with Gasteiger partial charge < -0.3 is 4.90 Å². The average Bonchev–Trinajstić information content (AvgIpc) is 3.17. The van der Waals surface area contributed by atoms with E-state index in [1.165, 1.54) is 23.1 Å². The Balaban J connectivity index is 1.92. The summed E-state index contributed by atoms with van der Waals surface area (Å²) < 4.78 is 13.7. The highest BCUT2D eigenvalue weighted by Gasteiger charge is 2.45. The Hall–Kier alpha value is -2.24. The molecule has 3 rings (SSSR count). The number of carbonyl (C=O) groups is 3. The fourth-order valence-corrected chi connectivity index (χ4v) is 2.45. The minimum atomic E-state index is -0.817. The molecule has 0 radical (unpaired) electrons. The molecule has 1 saturated carbocycles. The summed E-state index contributed by atoms with van der Waals surface area (Å²) in [6, 6.07) is 4.77. The monoisotopic (exact) mass is 276 g/mol. The SMILES string of the molecule is O=C1CC(N(C(=O)c2ccccc2F)C2CC2)C(=O)N1. The van der Waals surface area contributed by atoms with E-state index in [2.05, 4.69) is 5.32 Å². The first kappa shape index (κ1) is 12.8. The van der Waals surface area contributed by atoms with Gasteiger partial charge in [0.1, 0.15) is 11.9 Å². The second-order valence-electron chi connectivity index (χ2n) is 5.06. The number of rotatable bonds is 3. The van der Waals surface area contributed by atoms with Crippen molar-refractivity contribution in [1.82, 2.24) is 10.2 Å². The molecule has 2 fully saturated rings. The van der Waals surface area contributed by atoms with Crippen LogP contribution in [0.3, 0.4) is 0 Å². The molecule has 1 aliphatic heterocycles. The fourth-order valence-electron chi connectivity index (χ4n) is 2.45. The number of halogens is 1. The maximum atomic E-state index is 13.7. The molecule has 1 aromatic carbocycles. The van der Waals surface area contributed by atoms with Gasteiger partial charge in [-0.05, 0) is 25.0 Å². The third-order valence-corrected chi connectivity index (χ3v) is 3.56. The highest BCUT2D eigenvalue weighted by atomic mass is 19.1. The van der Waals surface area contributed by atoms with E-state index in [1.54, 1.807) is 6.07 Å². The van der Waals surface area contributed by atoms with Crippen molar-refractivity contribution in [3.63, 3.8) is 0 Å². The predicted octanol–water partition coefficient (Wildman–Crippen LogP) is 0.845. The van der Waals surface area contributed by atoms with Gasteiger partial charge in [-0.2, -0.15) is 0 Å². The zero-order chi connectivity index (χ0) is 14.3. The van der Waals surface area contributed by atoms with E-state index in [-0.39, 0.29) is 18.0 Å². The van der Waals surface area contributed by atoms with Crippen molar-refractivity contribution in [2.24, 2.45) is 0 Å². The van der Waals surface area contributed by atoms with Crippen molar-refractivity contribution >= 4 is 17.7 Å². The highest BCUT2D eigenvalue weighted by Crippen LogP contribution is 2.32. The van der Waals surface area contributed by atoms with Crippen LogP contribution in [0.1, 0.15) is 29.6 Å². The topological polar surface area (TPSA) is 66.5 Å². The van der Waals surface area contributed by atoms with E-state index < -0.39 is 29.6 Å². The van der Waals surface area contributed by atoms with Crippen LogP contribution in [0, 0.1) is 5.82 Å². The summed E-state index contributed by atoms with van der Waals surface area (Å²) in [6.07, 6.45) is 1.51. The molecule has 3 amide bonds. The number of carbonyl (C=O) groups excluding carboxylic acids is 3. The van der Waals surface area contributed by atoms with Crippen molar-refractivity contribution in [2.75, 3.05) is 0 Å². The summed E-state index contributed by atoms with van der Waals surface area (Å²) in [4.78, 5) is 36.9. The summed E-state index contributed by atoms with van der Waals surface area (Å²) in [7, 11) is 0. The van der Waals surface area contributed by atoms with Gasteiger partial charge in [0.15, 0.2) is 0 Å². The Morgan fingerprint density at radius 2 is 1.95 bits per heavy atom. The van der Waals surface area contributed by atoms with Crippen LogP contribution in [-0.4, -0.2) is 34.7 Å². The van der Waals surface area contributed by atoms with E-state index in [1.807, 2.05) is 0 Å². The quantitative estimate of drug-likeness (QED) is 0.832.